The summed E-state index contributed by atoms with van der Waals surface area (Å²) >= 11 is 0. The van der Waals surface area contributed by atoms with Crippen molar-refractivity contribution in [3.63, 3.8) is 0 Å². The van der Waals surface area contributed by atoms with Crippen molar-refractivity contribution in [2.24, 2.45) is 0 Å². The van der Waals surface area contributed by atoms with Gasteiger partial charge in [-0.1, -0.05) is 48.5 Å². The van der Waals surface area contributed by atoms with Gasteiger partial charge in [0.05, 0.1) is 6.04 Å². The number of carbonyl (C=O) groups excluding carboxylic acids is 1. The van der Waals surface area contributed by atoms with E-state index in [4.69, 9.17) is 0 Å². The van der Waals surface area contributed by atoms with Crippen molar-refractivity contribution >= 4 is 16.8 Å². The van der Waals surface area contributed by atoms with Crippen LogP contribution in [0.2, 0.25) is 0 Å². The number of likely N-dealkylation sites (tertiary alicyclic amines) is 1. The molecule has 1 unspecified atom stereocenters. The second kappa shape index (κ2) is 9.26. The van der Waals surface area contributed by atoms with Crippen LogP contribution < -0.4 is 5.32 Å². The third-order valence-electron chi connectivity index (χ3n) is 6.18. The highest BCUT2D eigenvalue weighted by molar-refractivity contribution is 5.86. The van der Waals surface area contributed by atoms with E-state index in [1.807, 2.05) is 42.5 Å². The number of aromatic nitrogens is 1. The van der Waals surface area contributed by atoms with Crippen molar-refractivity contribution in [3.05, 3.63) is 78.1 Å². The fraction of sp³-hybridized carbons (Fsp3) is 0.360. The molecule has 1 fully saturated rings. The van der Waals surface area contributed by atoms with Gasteiger partial charge >= 0.3 is 6.03 Å². The number of nitrogens with one attached hydrogen (secondary N) is 1. The van der Waals surface area contributed by atoms with E-state index in [0.717, 1.165) is 38.0 Å². The molecule has 1 aromatic heterocycles. The van der Waals surface area contributed by atoms with Crippen molar-refractivity contribution in [2.75, 3.05) is 20.1 Å². The first-order chi connectivity index (χ1) is 14.6. The maximum Gasteiger partial charge on any atom is 0.317 e. The highest BCUT2D eigenvalue weighted by Crippen LogP contribution is 2.25. The van der Waals surface area contributed by atoms with Crippen molar-refractivity contribution in [3.8, 4) is 0 Å². The molecule has 0 radical (unpaired) electrons. The highest BCUT2D eigenvalue weighted by atomic mass is 16.2. The van der Waals surface area contributed by atoms with Crippen LogP contribution in [0.15, 0.2) is 67.0 Å². The number of nitrogens with zero attached hydrogens (tertiary/aromatic N) is 3. The first kappa shape index (κ1) is 20.4. The summed E-state index contributed by atoms with van der Waals surface area (Å²) in [5.41, 5.74) is 2.40. The molecule has 1 saturated heterocycles. The largest absolute Gasteiger partial charge is 0.331 e. The Morgan fingerprint density at radius 2 is 1.90 bits per heavy atom. The summed E-state index contributed by atoms with van der Waals surface area (Å²) in [7, 11) is 1.92. The summed E-state index contributed by atoms with van der Waals surface area (Å²) in [4.78, 5) is 21.5. The Balaban J connectivity index is 1.33. The van der Waals surface area contributed by atoms with Gasteiger partial charge in [-0.3, -0.25) is 9.88 Å². The van der Waals surface area contributed by atoms with E-state index in [1.54, 1.807) is 0 Å². The SMILES string of the molecule is CC(NC(=O)N(C)C1CCN(Cc2cccnc2)CC1)c1cccc2ccccc12. The van der Waals surface area contributed by atoms with E-state index in [9.17, 15) is 4.79 Å². The molecule has 3 aromatic rings. The van der Waals surface area contributed by atoms with Crippen LogP contribution in [-0.2, 0) is 6.54 Å². The van der Waals surface area contributed by atoms with Gasteiger partial charge in [0.15, 0.2) is 0 Å². The van der Waals surface area contributed by atoms with Gasteiger partial charge < -0.3 is 10.2 Å². The molecule has 30 heavy (non-hydrogen) atoms. The van der Waals surface area contributed by atoms with Crippen molar-refractivity contribution < 1.29 is 4.79 Å². The molecular weight excluding hydrogens is 372 g/mol. The summed E-state index contributed by atoms with van der Waals surface area (Å²) < 4.78 is 0. The Kier molecular flexibility index (Phi) is 6.29. The molecule has 2 heterocycles. The third-order valence-corrected chi connectivity index (χ3v) is 6.18. The number of carbonyl (C=O) groups is 1. The molecule has 2 aromatic carbocycles. The zero-order chi connectivity index (χ0) is 20.9. The van der Waals surface area contributed by atoms with Crippen LogP contribution >= 0.6 is 0 Å². The molecule has 0 bridgehead atoms. The summed E-state index contributed by atoms with van der Waals surface area (Å²) in [5.74, 6) is 0. The number of piperidine rings is 1. The maximum atomic E-state index is 12.9. The monoisotopic (exact) mass is 402 g/mol. The lowest BCUT2D eigenvalue weighted by molar-refractivity contribution is 0.130. The number of hydrogen-bond acceptors (Lipinski definition) is 3. The van der Waals surface area contributed by atoms with Gasteiger partial charge in [-0.25, -0.2) is 4.79 Å². The minimum absolute atomic E-state index is 0.00106. The van der Waals surface area contributed by atoms with E-state index in [0.29, 0.717) is 0 Å². The number of pyridine rings is 1. The van der Waals surface area contributed by atoms with Crippen molar-refractivity contribution in [1.82, 2.24) is 20.1 Å². The molecule has 5 nitrogen and oxygen atoms in total. The molecule has 1 N–H and O–H groups in total. The van der Waals surface area contributed by atoms with E-state index in [-0.39, 0.29) is 18.1 Å². The maximum absolute atomic E-state index is 12.9. The molecular formula is C25H30N4O. The van der Waals surface area contributed by atoms with E-state index >= 15 is 0 Å². The first-order valence-electron chi connectivity index (χ1n) is 10.7. The molecule has 156 valence electrons. The van der Waals surface area contributed by atoms with Crippen LogP contribution in [0.3, 0.4) is 0 Å². The number of hydrogen-bond donors (Lipinski definition) is 1. The zero-order valence-corrected chi connectivity index (χ0v) is 17.8. The molecule has 1 aliphatic rings. The standard InChI is InChI=1S/C25H30N4O/c1-19(23-11-5-9-21-8-3-4-10-24(21)23)27-25(30)28(2)22-12-15-29(16-13-22)18-20-7-6-14-26-17-20/h3-11,14,17,19,22H,12-13,15-16,18H2,1-2H3,(H,27,30). The third kappa shape index (κ3) is 4.62. The van der Waals surface area contributed by atoms with E-state index in [1.165, 1.54) is 16.3 Å². The Morgan fingerprint density at radius 1 is 1.13 bits per heavy atom. The predicted octanol–water partition coefficient (Wildman–Crippen LogP) is 4.60. The van der Waals surface area contributed by atoms with Gasteiger partial charge in [0.1, 0.15) is 0 Å². The molecule has 0 spiro atoms. The summed E-state index contributed by atoms with van der Waals surface area (Å²) in [6, 6.07) is 18.9. The Labute approximate surface area is 178 Å². The van der Waals surface area contributed by atoms with Crippen LogP contribution in [-0.4, -0.2) is 47.0 Å². The van der Waals surface area contributed by atoms with Gasteiger partial charge in [-0.15, -0.1) is 0 Å². The number of amides is 2. The second-order valence-electron chi connectivity index (χ2n) is 8.22. The average molecular weight is 403 g/mol. The minimum atomic E-state index is -0.0447. The lowest BCUT2D eigenvalue weighted by atomic mass is 9.99. The molecule has 2 amide bonds. The Hall–Kier alpha value is -2.92. The first-order valence-corrected chi connectivity index (χ1v) is 10.7. The summed E-state index contributed by atoms with van der Waals surface area (Å²) in [6.07, 6.45) is 5.72. The van der Waals surface area contributed by atoms with E-state index in [2.05, 4.69) is 58.5 Å². The molecule has 0 saturated carbocycles. The predicted molar refractivity (Wildman–Crippen MR) is 121 cm³/mol. The van der Waals surface area contributed by atoms with Gasteiger partial charge in [0.25, 0.3) is 0 Å². The van der Waals surface area contributed by atoms with Gasteiger partial charge in [-0.05, 0) is 47.7 Å². The Morgan fingerprint density at radius 3 is 2.67 bits per heavy atom. The fourth-order valence-corrected chi connectivity index (χ4v) is 4.37. The van der Waals surface area contributed by atoms with Crippen molar-refractivity contribution in [1.29, 1.82) is 0 Å². The summed E-state index contributed by atoms with van der Waals surface area (Å²) in [6.45, 7) is 4.98. The van der Waals surface area contributed by atoms with Gasteiger partial charge in [0.2, 0.25) is 0 Å². The molecule has 5 heteroatoms. The van der Waals surface area contributed by atoms with Crippen LogP contribution in [0.1, 0.15) is 36.9 Å². The average Bonchev–Trinajstić information content (AvgIpc) is 2.79. The molecule has 1 aliphatic heterocycles. The molecule has 1 atom stereocenters. The Bertz CT molecular complexity index is 977. The number of urea groups is 1. The lowest BCUT2D eigenvalue weighted by Crippen LogP contribution is -2.49. The smallest absolute Gasteiger partial charge is 0.317 e. The quantitative estimate of drug-likeness (QED) is 0.678. The zero-order valence-electron chi connectivity index (χ0n) is 17.8. The normalized spacial score (nSPS) is 16.3. The van der Waals surface area contributed by atoms with Gasteiger partial charge in [0, 0.05) is 45.1 Å². The minimum Gasteiger partial charge on any atom is -0.331 e. The second-order valence-corrected chi connectivity index (χ2v) is 8.22. The fourth-order valence-electron chi connectivity index (χ4n) is 4.37. The lowest BCUT2D eigenvalue weighted by Gasteiger charge is -2.37. The van der Waals surface area contributed by atoms with E-state index < -0.39 is 0 Å². The topological polar surface area (TPSA) is 48.5 Å². The van der Waals surface area contributed by atoms with Gasteiger partial charge in [-0.2, -0.15) is 0 Å². The highest BCUT2D eigenvalue weighted by Gasteiger charge is 2.26. The molecule has 0 aliphatic carbocycles. The van der Waals surface area contributed by atoms with Crippen LogP contribution in [0.4, 0.5) is 4.79 Å². The van der Waals surface area contributed by atoms with Crippen LogP contribution in [0.5, 0.6) is 0 Å². The number of fused-ring (bicyclic) bond motifs is 1. The summed E-state index contributed by atoms with van der Waals surface area (Å²) in [5, 5.41) is 5.59. The van der Waals surface area contributed by atoms with Crippen LogP contribution in [0, 0.1) is 0 Å². The van der Waals surface area contributed by atoms with Crippen molar-refractivity contribution in [2.45, 2.75) is 38.4 Å². The number of benzene rings is 2. The molecule has 4 rings (SSSR count). The van der Waals surface area contributed by atoms with Crippen LogP contribution in [0.25, 0.3) is 10.8 Å². The number of rotatable bonds is 5.